The van der Waals surface area contributed by atoms with Crippen LogP contribution in [-0.2, 0) is 9.53 Å². The molecule has 1 rings (SSSR count). The monoisotopic (exact) mass is 199 g/mol. The number of hydrogen-bond acceptors (Lipinski definition) is 3. The normalized spacial score (nSPS) is 22.1. The van der Waals surface area contributed by atoms with Crippen LogP contribution in [0.5, 0.6) is 0 Å². The van der Waals surface area contributed by atoms with Gasteiger partial charge in [0.25, 0.3) is 0 Å². The van der Waals surface area contributed by atoms with E-state index >= 15 is 0 Å². The molecule has 3 nitrogen and oxygen atoms in total. The topological polar surface area (TPSA) is 52.3 Å². The molecule has 1 saturated carbocycles. The number of ether oxygens (including phenoxy) is 1. The van der Waals surface area contributed by atoms with Gasteiger partial charge in [-0.25, -0.2) is 0 Å². The summed E-state index contributed by atoms with van der Waals surface area (Å²) in [5.41, 5.74) is 5.45. The van der Waals surface area contributed by atoms with E-state index in [1.807, 2.05) is 0 Å². The van der Waals surface area contributed by atoms with Crippen molar-refractivity contribution in [3.05, 3.63) is 0 Å². The molecule has 1 fully saturated rings. The summed E-state index contributed by atoms with van der Waals surface area (Å²) in [6.45, 7) is 1.67. The largest absolute Gasteiger partial charge is 0.461 e. The highest BCUT2D eigenvalue weighted by atomic mass is 16.5. The van der Waals surface area contributed by atoms with E-state index in [4.69, 9.17) is 10.5 Å². The first-order valence-electron chi connectivity index (χ1n) is 5.66. The molecule has 1 unspecified atom stereocenters. The van der Waals surface area contributed by atoms with Gasteiger partial charge >= 0.3 is 5.97 Å². The molecule has 82 valence electrons. The molecule has 1 atom stereocenters. The Kier molecular flexibility index (Phi) is 4.94. The number of esters is 1. The quantitative estimate of drug-likeness (QED) is 0.692. The second kappa shape index (κ2) is 6.02. The fourth-order valence-electron chi connectivity index (χ4n) is 1.81. The van der Waals surface area contributed by atoms with E-state index < -0.39 is 6.04 Å². The van der Waals surface area contributed by atoms with Gasteiger partial charge < -0.3 is 10.5 Å². The summed E-state index contributed by atoms with van der Waals surface area (Å²) >= 11 is 0. The average molecular weight is 199 g/mol. The molecule has 0 saturated heterocycles. The van der Waals surface area contributed by atoms with Gasteiger partial charge in [0.1, 0.15) is 12.1 Å². The van der Waals surface area contributed by atoms with Gasteiger partial charge in [-0.3, -0.25) is 4.79 Å². The zero-order chi connectivity index (χ0) is 10.4. The zero-order valence-electron chi connectivity index (χ0n) is 9.00. The Bertz CT molecular complexity index is 172. The fourth-order valence-corrected chi connectivity index (χ4v) is 1.81. The first-order valence-corrected chi connectivity index (χ1v) is 5.66. The third kappa shape index (κ3) is 4.09. The molecule has 0 heterocycles. The Morgan fingerprint density at radius 3 is 2.21 bits per heavy atom. The minimum Gasteiger partial charge on any atom is -0.461 e. The minimum atomic E-state index is -0.486. The number of carbonyl (C=O) groups is 1. The van der Waals surface area contributed by atoms with E-state index in [9.17, 15) is 4.79 Å². The number of nitrogens with two attached hydrogens (primary N) is 1. The van der Waals surface area contributed by atoms with E-state index in [2.05, 4.69) is 0 Å². The molecule has 0 radical (unpaired) electrons. The predicted octanol–water partition coefficient (Wildman–Crippen LogP) is 1.99. The number of carbonyl (C=O) groups excluding carboxylic acids is 1. The molecular weight excluding hydrogens is 178 g/mol. The lowest BCUT2D eigenvalue weighted by Gasteiger charge is -2.20. The van der Waals surface area contributed by atoms with E-state index in [1.54, 1.807) is 6.92 Å². The SMILES string of the molecule is CC(N)C(=O)OC1CCCCCCC1. The van der Waals surface area contributed by atoms with Crippen molar-refractivity contribution in [2.75, 3.05) is 0 Å². The van der Waals surface area contributed by atoms with Crippen LogP contribution in [0.15, 0.2) is 0 Å². The number of rotatable bonds is 2. The maximum absolute atomic E-state index is 11.3. The Balaban J connectivity index is 2.30. The Labute approximate surface area is 86.0 Å². The summed E-state index contributed by atoms with van der Waals surface area (Å²) in [6, 6.07) is -0.486. The van der Waals surface area contributed by atoms with E-state index in [1.165, 1.54) is 32.1 Å². The highest BCUT2D eigenvalue weighted by Crippen LogP contribution is 2.19. The molecule has 2 N–H and O–H groups in total. The van der Waals surface area contributed by atoms with Crippen molar-refractivity contribution in [2.24, 2.45) is 5.73 Å². The van der Waals surface area contributed by atoms with Crippen LogP contribution >= 0.6 is 0 Å². The molecule has 1 aliphatic rings. The van der Waals surface area contributed by atoms with Gasteiger partial charge in [-0.15, -0.1) is 0 Å². The van der Waals surface area contributed by atoms with Gasteiger partial charge in [0.15, 0.2) is 0 Å². The molecule has 0 aromatic rings. The highest BCUT2D eigenvalue weighted by molar-refractivity contribution is 5.75. The lowest BCUT2D eigenvalue weighted by Crippen LogP contribution is -2.32. The third-order valence-electron chi connectivity index (χ3n) is 2.71. The summed E-state index contributed by atoms with van der Waals surface area (Å²) in [5, 5.41) is 0. The molecular formula is C11H21NO2. The maximum Gasteiger partial charge on any atom is 0.322 e. The smallest absolute Gasteiger partial charge is 0.322 e. The van der Waals surface area contributed by atoms with Crippen molar-refractivity contribution in [3.63, 3.8) is 0 Å². The molecule has 0 spiro atoms. The summed E-state index contributed by atoms with van der Waals surface area (Å²) < 4.78 is 5.32. The van der Waals surface area contributed by atoms with Crippen LogP contribution in [-0.4, -0.2) is 18.1 Å². The molecule has 0 bridgehead atoms. The average Bonchev–Trinajstić information content (AvgIpc) is 2.08. The van der Waals surface area contributed by atoms with Crippen molar-refractivity contribution in [3.8, 4) is 0 Å². The molecule has 0 aliphatic heterocycles. The summed E-state index contributed by atoms with van der Waals surface area (Å²) in [4.78, 5) is 11.3. The highest BCUT2D eigenvalue weighted by Gasteiger charge is 2.17. The molecule has 0 aromatic heterocycles. The second-order valence-electron chi connectivity index (χ2n) is 4.19. The Hall–Kier alpha value is -0.570. The first-order chi connectivity index (χ1) is 6.70. The van der Waals surface area contributed by atoms with Gasteiger partial charge in [0, 0.05) is 0 Å². The van der Waals surface area contributed by atoms with Crippen molar-refractivity contribution >= 4 is 5.97 Å². The van der Waals surface area contributed by atoms with E-state index in [-0.39, 0.29) is 12.1 Å². The van der Waals surface area contributed by atoms with E-state index in [0.717, 1.165) is 12.8 Å². The van der Waals surface area contributed by atoms with Crippen molar-refractivity contribution in [1.82, 2.24) is 0 Å². The van der Waals surface area contributed by atoms with Crippen molar-refractivity contribution < 1.29 is 9.53 Å². The first kappa shape index (κ1) is 11.5. The summed E-state index contributed by atoms with van der Waals surface area (Å²) in [7, 11) is 0. The fraction of sp³-hybridized carbons (Fsp3) is 0.909. The molecule has 0 amide bonds. The predicted molar refractivity (Wildman–Crippen MR) is 55.8 cm³/mol. The van der Waals surface area contributed by atoms with E-state index in [0.29, 0.717) is 0 Å². The molecule has 14 heavy (non-hydrogen) atoms. The second-order valence-corrected chi connectivity index (χ2v) is 4.19. The van der Waals surface area contributed by atoms with Crippen LogP contribution in [0.1, 0.15) is 51.9 Å². The standard InChI is InChI=1S/C11H21NO2/c1-9(12)11(13)14-10-7-5-3-2-4-6-8-10/h9-10H,2-8,12H2,1H3. The molecule has 0 aromatic carbocycles. The zero-order valence-corrected chi connectivity index (χ0v) is 9.00. The van der Waals surface area contributed by atoms with Crippen LogP contribution in [0.3, 0.4) is 0 Å². The third-order valence-corrected chi connectivity index (χ3v) is 2.71. The van der Waals surface area contributed by atoms with Crippen LogP contribution in [0, 0.1) is 0 Å². The molecule has 3 heteroatoms. The van der Waals surface area contributed by atoms with Crippen molar-refractivity contribution in [2.45, 2.75) is 64.0 Å². The van der Waals surface area contributed by atoms with Crippen LogP contribution in [0.4, 0.5) is 0 Å². The minimum absolute atomic E-state index is 0.119. The van der Waals surface area contributed by atoms with Gasteiger partial charge in [0.2, 0.25) is 0 Å². The van der Waals surface area contributed by atoms with Crippen LogP contribution in [0.25, 0.3) is 0 Å². The van der Waals surface area contributed by atoms with Gasteiger partial charge in [-0.1, -0.05) is 19.3 Å². The van der Waals surface area contributed by atoms with Gasteiger partial charge in [0.05, 0.1) is 0 Å². The van der Waals surface area contributed by atoms with Crippen LogP contribution in [0.2, 0.25) is 0 Å². The lowest BCUT2D eigenvalue weighted by molar-refractivity contribution is -0.151. The van der Waals surface area contributed by atoms with Gasteiger partial charge in [-0.2, -0.15) is 0 Å². The number of hydrogen-bond donors (Lipinski definition) is 1. The maximum atomic E-state index is 11.3. The van der Waals surface area contributed by atoms with Crippen molar-refractivity contribution in [1.29, 1.82) is 0 Å². The summed E-state index contributed by atoms with van der Waals surface area (Å²) in [6.07, 6.45) is 8.37. The Morgan fingerprint density at radius 1 is 1.21 bits per heavy atom. The molecule has 1 aliphatic carbocycles. The summed E-state index contributed by atoms with van der Waals surface area (Å²) in [5.74, 6) is -0.254. The lowest BCUT2D eigenvalue weighted by atomic mass is 9.98. The Morgan fingerprint density at radius 2 is 1.71 bits per heavy atom. The van der Waals surface area contributed by atoms with Crippen LogP contribution < -0.4 is 5.73 Å². The van der Waals surface area contributed by atoms with Gasteiger partial charge in [-0.05, 0) is 32.6 Å².